The normalized spacial score (nSPS) is 12.9. The smallest absolute Gasteiger partial charge is 0.282 e. The van der Waals surface area contributed by atoms with Gasteiger partial charge in [0.05, 0.1) is 13.1 Å². The highest BCUT2D eigenvalue weighted by Gasteiger charge is 2.27. The summed E-state index contributed by atoms with van der Waals surface area (Å²) >= 11 is 0. The van der Waals surface area contributed by atoms with Crippen molar-refractivity contribution < 1.29 is 26.7 Å². The highest BCUT2D eigenvalue weighted by Crippen LogP contribution is 2.13. The molecule has 1 heterocycles. The van der Waals surface area contributed by atoms with Gasteiger partial charge in [0.25, 0.3) is 15.9 Å². The van der Waals surface area contributed by atoms with E-state index in [9.17, 15) is 17.2 Å². The van der Waals surface area contributed by atoms with Crippen molar-refractivity contribution in [2.45, 2.75) is 17.6 Å². The predicted molar refractivity (Wildman–Crippen MR) is 53.8 cm³/mol. The maximum Gasteiger partial charge on any atom is 0.282 e. The minimum absolute atomic E-state index is 0.0922. The average molecular weight is 270 g/mol. The quantitative estimate of drug-likeness (QED) is 0.655. The number of hydrogen-bond acceptors (Lipinski definition) is 5. The topological polar surface area (TPSA) is 106 Å². The number of primary sulfonamides is 1. The van der Waals surface area contributed by atoms with Crippen LogP contribution >= 0.6 is 0 Å². The van der Waals surface area contributed by atoms with Crippen LogP contribution in [0.5, 0.6) is 0 Å². The van der Waals surface area contributed by atoms with Gasteiger partial charge in [0, 0.05) is 0 Å². The van der Waals surface area contributed by atoms with E-state index in [1.807, 2.05) is 0 Å². The van der Waals surface area contributed by atoms with Gasteiger partial charge >= 0.3 is 0 Å². The second-order valence-electron chi connectivity index (χ2n) is 3.38. The number of sulfonamides is 1. The molecule has 9 heteroatoms. The zero-order chi connectivity index (χ0) is 13.1. The summed E-state index contributed by atoms with van der Waals surface area (Å²) in [7, 11) is -3.92. The number of rotatable bonds is 6. The predicted octanol–water partition coefficient (Wildman–Crippen LogP) is -0.356. The molecule has 0 spiro atoms. The fraction of sp³-hybridized carbons (Fsp3) is 0.500. The van der Waals surface area contributed by atoms with Crippen molar-refractivity contribution in [2.24, 2.45) is 5.14 Å². The van der Waals surface area contributed by atoms with E-state index in [4.69, 9.17) is 14.7 Å². The number of aliphatic hydroxyl groups excluding tert-OH is 1. The molecule has 0 saturated carbocycles. The minimum Gasteiger partial charge on any atom is -0.447 e. The molecule has 98 valence electrons. The third kappa shape index (κ3) is 4.38. The molecule has 1 aromatic heterocycles. The van der Waals surface area contributed by atoms with Crippen LogP contribution in [0.4, 0.5) is 8.78 Å². The Bertz CT molecular complexity index is 472. The molecule has 0 amide bonds. The number of halogens is 2. The molecule has 0 aliphatic rings. The minimum atomic E-state index is -3.92. The van der Waals surface area contributed by atoms with Crippen LogP contribution in [0.15, 0.2) is 21.6 Å². The molecule has 0 aromatic carbocycles. The first-order valence-electron chi connectivity index (χ1n) is 4.55. The lowest BCUT2D eigenvalue weighted by atomic mass is 10.3. The van der Waals surface area contributed by atoms with Gasteiger partial charge in [-0.25, -0.2) is 22.3 Å². The van der Waals surface area contributed by atoms with Crippen molar-refractivity contribution in [1.29, 1.82) is 0 Å². The van der Waals surface area contributed by atoms with Crippen molar-refractivity contribution in [3.05, 3.63) is 17.9 Å². The number of nitrogens with two attached hydrogens (primary N) is 1. The van der Waals surface area contributed by atoms with Crippen molar-refractivity contribution >= 4 is 10.0 Å². The molecule has 4 N–H and O–H groups in total. The molecule has 1 aromatic rings. The molecular formula is C8H12F2N2O4S. The Labute approximate surface area is 96.5 Å². The van der Waals surface area contributed by atoms with Crippen LogP contribution in [0.2, 0.25) is 0 Å². The van der Waals surface area contributed by atoms with E-state index in [1.165, 1.54) is 6.07 Å². The Kier molecular flexibility index (Phi) is 4.20. The lowest BCUT2D eigenvalue weighted by Gasteiger charge is -2.12. The van der Waals surface area contributed by atoms with Gasteiger partial charge in [0.1, 0.15) is 12.4 Å². The van der Waals surface area contributed by atoms with E-state index in [1.54, 1.807) is 0 Å². The van der Waals surface area contributed by atoms with E-state index in [0.717, 1.165) is 6.07 Å². The van der Waals surface area contributed by atoms with Gasteiger partial charge in [0.15, 0.2) is 0 Å². The molecule has 17 heavy (non-hydrogen) atoms. The zero-order valence-corrected chi connectivity index (χ0v) is 9.51. The fourth-order valence-electron chi connectivity index (χ4n) is 1.03. The molecule has 0 aliphatic heterocycles. The lowest BCUT2D eigenvalue weighted by Crippen LogP contribution is -2.35. The van der Waals surface area contributed by atoms with Crippen LogP contribution in [0.3, 0.4) is 0 Å². The Balaban J connectivity index is 2.52. The molecule has 0 radical (unpaired) electrons. The second-order valence-corrected chi connectivity index (χ2v) is 4.88. The van der Waals surface area contributed by atoms with Crippen LogP contribution in [0.25, 0.3) is 0 Å². The molecule has 0 unspecified atom stereocenters. The summed E-state index contributed by atoms with van der Waals surface area (Å²) in [5.41, 5.74) is 0. The van der Waals surface area contributed by atoms with Crippen LogP contribution in [-0.2, 0) is 16.6 Å². The van der Waals surface area contributed by atoms with Crippen LogP contribution < -0.4 is 10.5 Å². The van der Waals surface area contributed by atoms with Crippen molar-refractivity contribution in [3.63, 3.8) is 0 Å². The highest BCUT2D eigenvalue weighted by atomic mass is 32.2. The fourth-order valence-corrected chi connectivity index (χ4v) is 1.51. The molecule has 0 aliphatic carbocycles. The van der Waals surface area contributed by atoms with E-state index >= 15 is 0 Å². The van der Waals surface area contributed by atoms with Gasteiger partial charge in [-0.3, -0.25) is 0 Å². The van der Waals surface area contributed by atoms with E-state index < -0.39 is 34.2 Å². The summed E-state index contributed by atoms with van der Waals surface area (Å²) in [6.07, 6.45) is 0. The van der Waals surface area contributed by atoms with Gasteiger partial charge in [-0.1, -0.05) is 0 Å². The molecule has 0 fully saturated rings. The molecule has 1 rings (SSSR count). The number of hydrogen-bond donors (Lipinski definition) is 3. The maximum atomic E-state index is 12.6. The van der Waals surface area contributed by atoms with Gasteiger partial charge in [-0.2, -0.15) is 0 Å². The van der Waals surface area contributed by atoms with Gasteiger partial charge in [0.2, 0.25) is 5.09 Å². The highest BCUT2D eigenvalue weighted by molar-refractivity contribution is 7.89. The van der Waals surface area contributed by atoms with Crippen molar-refractivity contribution in [3.8, 4) is 0 Å². The standard InChI is InChI=1S/C8H12F2N2O4S/c9-8(10,5-13)4-12-3-6-1-2-7(16-6)17(11,14)15/h1-2,12-13H,3-5H2,(H2,11,14,15). The van der Waals surface area contributed by atoms with Crippen molar-refractivity contribution in [1.82, 2.24) is 5.32 Å². The summed E-state index contributed by atoms with van der Waals surface area (Å²) in [5.74, 6) is -3.07. The molecular weight excluding hydrogens is 258 g/mol. The first-order valence-corrected chi connectivity index (χ1v) is 6.10. The summed E-state index contributed by atoms with van der Waals surface area (Å²) < 4.78 is 51.7. The third-order valence-electron chi connectivity index (χ3n) is 1.83. The summed E-state index contributed by atoms with van der Waals surface area (Å²) in [6.45, 7) is -2.10. The maximum absolute atomic E-state index is 12.6. The SMILES string of the molecule is NS(=O)(=O)c1ccc(CNCC(F)(F)CO)o1. The van der Waals surface area contributed by atoms with Gasteiger partial charge < -0.3 is 14.8 Å². The number of furan rings is 1. The summed E-state index contributed by atoms with van der Waals surface area (Å²) in [4.78, 5) is 0. The van der Waals surface area contributed by atoms with Gasteiger partial charge in [-0.15, -0.1) is 0 Å². The molecule has 0 bridgehead atoms. The largest absolute Gasteiger partial charge is 0.447 e. The second kappa shape index (κ2) is 5.08. The zero-order valence-electron chi connectivity index (χ0n) is 8.69. The van der Waals surface area contributed by atoms with E-state index in [2.05, 4.69) is 5.32 Å². The lowest BCUT2D eigenvalue weighted by molar-refractivity contribution is -0.0480. The Morgan fingerprint density at radius 2 is 2.12 bits per heavy atom. The van der Waals surface area contributed by atoms with E-state index in [-0.39, 0.29) is 12.3 Å². The third-order valence-corrected chi connectivity index (χ3v) is 2.61. The van der Waals surface area contributed by atoms with E-state index in [0.29, 0.717) is 0 Å². The molecule has 0 atom stereocenters. The summed E-state index contributed by atoms with van der Waals surface area (Å²) in [5, 5.41) is 15.0. The monoisotopic (exact) mass is 270 g/mol. The Hall–Kier alpha value is -1.03. The van der Waals surface area contributed by atoms with Crippen molar-refractivity contribution in [2.75, 3.05) is 13.2 Å². The Morgan fingerprint density at radius 3 is 2.59 bits per heavy atom. The van der Waals surface area contributed by atoms with Crippen LogP contribution in [0.1, 0.15) is 5.76 Å². The number of alkyl halides is 2. The average Bonchev–Trinajstić information content (AvgIpc) is 2.66. The number of aliphatic hydroxyl groups is 1. The van der Waals surface area contributed by atoms with Crippen LogP contribution in [0, 0.1) is 0 Å². The first kappa shape index (κ1) is 14.0. The molecule has 6 nitrogen and oxygen atoms in total. The molecule has 0 saturated heterocycles. The van der Waals surface area contributed by atoms with Crippen LogP contribution in [-0.4, -0.2) is 32.6 Å². The summed E-state index contributed by atoms with van der Waals surface area (Å²) in [6, 6.07) is 2.44. The first-order chi connectivity index (χ1) is 7.74. The number of nitrogens with one attached hydrogen (secondary N) is 1. The Morgan fingerprint density at radius 1 is 1.47 bits per heavy atom. The van der Waals surface area contributed by atoms with Gasteiger partial charge in [-0.05, 0) is 12.1 Å².